The van der Waals surface area contributed by atoms with Crippen molar-refractivity contribution in [2.24, 2.45) is 0 Å². The Balaban J connectivity index is 2.20. The van der Waals surface area contributed by atoms with Crippen molar-refractivity contribution in [1.29, 1.82) is 0 Å². The Morgan fingerprint density at radius 3 is 2.64 bits per heavy atom. The van der Waals surface area contributed by atoms with Crippen molar-refractivity contribution < 1.29 is 28.5 Å². The molecule has 0 saturated carbocycles. The van der Waals surface area contributed by atoms with Crippen LogP contribution in [0.2, 0.25) is 0 Å². The molecule has 0 aliphatic heterocycles. The molecule has 4 N–H and O–H groups in total. The second-order valence-electron chi connectivity index (χ2n) is 5.66. The van der Waals surface area contributed by atoms with Crippen molar-refractivity contribution in [1.82, 2.24) is 14.5 Å². The molecular weight excluding hydrogens is 382 g/mol. The number of anilines is 1. The van der Waals surface area contributed by atoms with Gasteiger partial charge in [-0.25, -0.2) is 13.6 Å². The Hall–Kier alpha value is -2.96. The number of nitrogens with zero attached hydrogens (tertiary/aromatic N) is 2. The third-order valence-corrected chi connectivity index (χ3v) is 3.69. The molecule has 3 atom stereocenters. The SMILES string of the molecule is Cc1[nH]c(=O)ccc1C(=O)Nc1ccn([C@@H](CF)O[C@H](CO)[C@@H](O)F)c(=O)n1. The summed E-state index contributed by atoms with van der Waals surface area (Å²) < 4.78 is 31.6. The molecule has 12 heteroatoms. The van der Waals surface area contributed by atoms with Gasteiger partial charge < -0.3 is 25.3 Å². The van der Waals surface area contributed by atoms with Gasteiger partial charge in [-0.05, 0) is 19.1 Å². The molecule has 2 aromatic heterocycles. The Bertz CT molecular complexity index is 945. The van der Waals surface area contributed by atoms with Gasteiger partial charge in [0.25, 0.3) is 5.91 Å². The van der Waals surface area contributed by atoms with Crippen LogP contribution in [-0.4, -0.2) is 56.4 Å². The van der Waals surface area contributed by atoms with E-state index in [0.717, 1.165) is 12.3 Å². The van der Waals surface area contributed by atoms with E-state index in [4.69, 9.17) is 14.9 Å². The van der Waals surface area contributed by atoms with Crippen LogP contribution in [0.25, 0.3) is 0 Å². The van der Waals surface area contributed by atoms with E-state index in [2.05, 4.69) is 15.3 Å². The van der Waals surface area contributed by atoms with Crippen molar-refractivity contribution in [3.63, 3.8) is 0 Å². The van der Waals surface area contributed by atoms with Gasteiger partial charge in [-0.1, -0.05) is 0 Å². The summed E-state index contributed by atoms with van der Waals surface area (Å²) in [6, 6.07) is 3.63. The summed E-state index contributed by atoms with van der Waals surface area (Å²) in [5.41, 5.74) is -0.947. The molecule has 0 aliphatic carbocycles. The number of carbonyl (C=O) groups excluding carboxylic acids is 1. The highest BCUT2D eigenvalue weighted by atomic mass is 19.1. The second-order valence-corrected chi connectivity index (χ2v) is 5.66. The molecule has 28 heavy (non-hydrogen) atoms. The van der Waals surface area contributed by atoms with Gasteiger partial charge in [0.1, 0.15) is 18.6 Å². The van der Waals surface area contributed by atoms with Gasteiger partial charge in [-0.2, -0.15) is 4.98 Å². The number of ether oxygens (including phenoxy) is 1. The number of hydrogen-bond acceptors (Lipinski definition) is 7. The topological polar surface area (TPSA) is 147 Å². The molecule has 0 saturated heterocycles. The number of nitrogens with one attached hydrogen (secondary N) is 2. The van der Waals surface area contributed by atoms with E-state index in [1.807, 2.05) is 0 Å². The monoisotopic (exact) mass is 400 g/mol. The summed E-state index contributed by atoms with van der Waals surface area (Å²) >= 11 is 0. The number of alkyl halides is 2. The zero-order valence-electron chi connectivity index (χ0n) is 14.6. The molecule has 0 aliphatic rings. The smallest absolute Gasteiger partial charge is 0.351 e. The summed E-state index contributed by atoms with van der Waals surface area (Å²) in [7, 11) is 0. The maximum atomic E-state index is 13.2. The lowest BCUT2D eigenvalue weighted by atomic mass is 10.2. The minimum Gasteiger partial charge on any atom is -0.393 e. The van der Waals surface area contributed by atoms with E-state index in [0.29, 0.717) is 10.3 Å². The first-order chi connectivity index (χ1) is 13.3. The first-order valence-electron chi connectivity index (χ1n) is 8.01. The number of aromatic nitrogens is 3. The third-order valence-electron chi connectivity index (χ3n) is 3.69. The van der Waals surface area contributed by atoms with Gasteiger partial charge in [0.05, 0.1) is 12.2 Å². The van der Waals surface area contributed by atoms with Gasteiger partial charge >= 0.3 is 5.69 Å². The highest BCUT2D eigenvalue weighted by molar-refractivity contribution is 6.04. The van der Waals surface area contributed by atoms with Crippen LogP contribution < -0.4 is 16.6 Å². The predicted molar refractivity (Wildman–Crippen MR) is 92.3 cm³/mol. The van der Waals surface area contributed by atoms with E-state index in [1.165, 1.54) is 19.1 Å². The number of hydrogen-bond donors (Lipinski definition) is 4. The molecule has 0 radical (unpaired) electrons. The Morgan fingerprint density at radius 1 is 1.39 bits per heavy atom. The lowest BCUT2D eigenvalue weighted by Crippen LogP contribution is -2.37. The van der Waals surface area contributed by atoms with E-state index in [1.54, 1.807) is 0 Å². The fourth-order valence-electron chi connectivity index (χ4n) is 2.28. The van der Waals surface area contributed by atoms with Gasteiger partial charge in [0, 0.05) is 18.0 Å². The molecule has 1 amide bonds. The minimum atomic E-state index is -2.58. The molecule has 0 spiro atoms. The van der Waals surface area contributed by atoms with Crippen LogP contribution in [0.3, 0.4) is 0 Å². The summed E-state index contributed by atoms with van der Waals surface area (Å²) in [6.45, 7) is -0.697. The van der Waals surface area contributed by atoms with Crippen LogP contribution in [0.5, 0.6) is 0 Å². The van der Waals surface area contributed by atoms with Crippen LogP contribution >= 0.6 is 0 Å². The number of aryl methyl sites for hydroxylation is 1. The van der Waals surface area contributed by atoms with Crippen molar-refractivity contribution in [3.05, 3.63) is 56.5 Å². The average molecular weight is 400 g/mol. The minimum absolute atomic E-state index is 0.151. The Kier molecular flexibility index (Phi) is 7.09. The number of H-pyrrole nitrogens is 1. The molecule has 0 aromatic carbocycles. The molecule has 2 rings (SSSR count). The van der Waals surface area contributed by atoms with Gasteiger partial charge in [-0.3, -0.25) is 14.2 Å². The van der Waals surface area contributed by atoms with Gasteiger partial charge in [0.15, 0.2) is 6.23 Å². The normalized spacial score (nSPS) is 14.3. The molecule has 0 bridgehead atoms. The van der Waals surface area contributed by atoms with E-state index in [9.17, 15) is 23.2 Å². The van der Waals surface area contributed by atoms with Crippen LogP contribution in [-0.2, 0) is 4.74 Å². The highest BCUT2D eigenvalue weighted by Gasteiger charge is 2.25. The van der Waals surface area contributed by atoms with Crippen LogP contribution in [0, 0.1) is 6.92 Å². The number of aliphatic hydroxyl groups excluding tert-OH is 2. The van der Waals surface area contributed by atoms with E-state index in [-0.39, 0.29) is 16.9 Å². The van der Waals surface area contributed by atoms with Crippen molar-refractivity contribution in [3.8, 4) is 0 Å². The number of rotatable bonds is 8. The first kappa shape index (κ1) is 21.3. The lowest BCUT2D eigenvalue weighted by molar-refractivity contribution is -0.165. The quantitative estimate of drug-likeness (QED) is 0.473. The van der Waals surface area contributed by atoms with Crippen molar-refractivity contribution in [2.45, 2.75) is 25.6 Å². The Morgan fingerprint density at radius 2 is 2.11 bits per heavy atom. The van der Waals surface area contributed by atoms with E-state index >= 15 is 0 Å². The summed E-state index contributed by atoms with van der Waals surface area (Å²) in [6.07, 6.45) is -4.93. The Labute approximate surface area is 156 Å². The second kappa shape index (κ2) is 9.30. The lowest BCUT2D eigenvalue weighted by Gasteiger charge is -2.23. The molecule has 152 valence electrons. The maximum absolute atomic E-state index is 13.2. The summed E-state index contributed by atoms with van der Waals surface area (Å²) in [5, 5.41) is 20.1. The van der Waals surface area contributed by atoms with Gasteiger partial charge in [0.2, 0.25) is 11.9 Å². The largest absolute Gasteiger partial charge is 0.393 e. The zero-order valence-corrected chi connectivity index (χ0v) is 14.6. The molecule has 2 aromatic rings. The third kappa shape index (κ3) is 5.06. The fourth-order valence-corrected chi connectivity index (χ4v) is 2.28. The summed E-state index contributed by atoms with van der Waals surface area (Å²) in [4.78, 5) is 41.5. The number of aliphatic hydroxyl groups is 2. The standard InChI is InChI=1S/C16H18F2N4O6/c1-8-9(2-3-12(24)19-8)15(26)20-11-4-5-22(16(27)21-11)13(6-17)28-10(7-23)14(18)25/h2-5,10,13-14,23,25H,6-7H2,1H3,(H,19,24)(H,20,21,26,27)/t10-,13-,14-/m1/s1. The van der Waals surface area contributed by atoms with Gasteiger partial charge in [-0.15, -0.1) is 0 Å². The number of pyridine rings is 1. The van der Waals surface area contributed by atoms with Crippen LogP contribution in [0.1, 0.15) is 22.3 Å². The first-order valence-corrected chi connectivity index (χ1v) is 8.01. The zero-order chi connectivity index (χ0) is 20.8. The number of halogens is 2. The van der Waals surface area contributed by atoms with E-state index < -0.39 is 43.6 Å². The predicted octanol–water partition coefficient (Wildman–Crippen LogP) is -0.374. The molecular formula is C16H18F2N4O6. The average Bonchev–Trinajstić information content (AvgIpc) is 2.63. The molecule has 0 unspecified atom stereocenters. The number of amides is 1. The maximum Gasteiger partial charge on any atom is 0.351 e. The number of carbonyl (C=O) groups is 1. The summed E-state index contributed by atoms with van der Waals surface area (Å²) in [5.74, 6) is -0.795. The molecule has 2 heterocycles. The van der Waals surface area contributed by atoms with Crippen LogP contribution in [0.15, 0.2) is 34.0 Å². The molecule has 0 fully saturated rings. The van der Waals surface area contributed by atoms with Crippen molar-refractivity contribution >= 4 is 11.7 Å². The fraction of sp³-hybridized carbons (Fsp3) is 0.375. The van der Waals surface area contributed by atoms with Crippen molar-refractivity contribution in [2.75, 3.05) is 18.6 Å². The number of aromatic amines is 1. The molecule has 10 nitrogen and oxygen atoms in total. The highest BCUT2D eigenvalue weighted by Crippen LogP contribution is 2.14. The van der Waals surface area contributed by atoms with Crippen LogP contribution in [0.4, 0.5) is 14.6 Å².